The number of halogens is 2. The van der Waals surface area contributed by atoms with Crippen LogP contribution in [-0.2, 0) is 0 Å². The number of hydrogen-bond donors (Lipinski definition) is 1. The summed E-state index contributed by atoms with van der Waals surface area (Å²) < 4.78 is 26.2. The summed E-state index contributed by atoms with van der Waals surface area (Å²) in [4.78, 5) is 0. The van der Waals surface area contributed by atoms with Crippen LogP contribution >= 0.6 is 0 Å². The minimum Gasteiger partial charge on any atom is -0.324 e. The molecule has 1 fully saturated rings. The molecule has 1 unspecified atom stereocenters. The van der Waals surface area contributed by atoms with Crippen molar-refractivity contribution in [3.63, 3.8) is 0 Å². The minimum atomic E-state index is -0.803. The van der Waals surface area contributed by atoms with Crippen LogP contribution in [-0.4, -0.2) is 0 Å². The molecule has 1 saturated carbocycles. The maximum absolute atomic E-state index is 13.2. The Morgan fingerprint density at radius 1 is 1.16 bits per heavy atom. The van der Waals surface area contributed by atoms with E-state index in [1.807, 2.05) is 0 Å². The third-order valence-corrected chi connectivity index (χ3v) is 4.42. The van der Waals surface area contributed by atoms with Crippen LogP contribution < -0.4 is 5.73 Å². The Morgan fingerprint density at radius 3 is 2.42 bits per heavy atom. The Kier molecular flexibility index (Phi) is 4.92. The van der Waals surface area contributed by atoms with Gasteiger partial charge in [0, 0.05) is 6.04 Å². The first-order valence-corrected chi connectivity index (χ1v) is 7.32. The summed E-state index contributed by atoms with van der Waals surface area (Å²) in [6, 6.07) is 3.87. The third-order valence-electron chi connectivity index (χ3n) is 4.42. The molecule has 2 rings (SSSR count). The highest BCUT2D eigenvalue weighted by molar-refractivity contribution is 5.21. The summed E-state index contributed by atoms with van der Waals surface area (Å²) in [6.07, 6.45) is 7.18. The first-order valence-electron chi connectivity index (χ1n) is 7.32. The molecular formula is C16H23F2N. The van der Waals surface area contributed by atoms with Crippen molar-refractivity contribution in [3.8, 4) is 0 Å². The van der Waals surface area contributed by atoms with Gasteiger partial charge < -0.3 is 5.73 Å². The highest BCUT2D eigenvalue weighted by Gasteiger charge is 2.26. The second-order valence-corrected chi connectivity index (χ2v) is 5.77. The zero-order valence-electron chi connectivity index (χ0n) is 11.5. The molecular weight excluding hydrogens is 244 g/mol. The Labute approximate surface area is 114 Å². The minimum absolute atomic E-state index is 0.169. The highest BCUT2D eigenvalue weighted by Crippen LogP contribution is 2.37. The van der Waals surface area contributed by atoms with E-state index in [2.05, 4.69) is 6.92 Å². The number of benzene rings is 1. The van der Waals surface area contributed by atoms with Gasteiger partial charge in [0.25, 0.3) is 0 Å². The van der Waals surface area contributed by atoms with Crippen LogP contribution in [0.1, 0.15) is 57.1 Å². The van der Waals surface area contributed by atoms with Gasteiger partial charge in [-0.15, -0.1) is 0 Å². The highest BCUT2D eigenvalue weighted by atomic mass is 19.2. The predicted octanol–water partition coefficient (Wildman–Crippen LogP) is 4.57. The second kappa shape index (κ2) is 6.47. The van der Waals surface area contributed by atoms with Crippen molar-refractivity contribution in [2.75, 3.05) is 0 Å². The zero-order valence-corrected chi connectivity index (χ0v) is 11.5. The van der Waals surface area contributed by atoms with E-state index in [-0.39, 0.29) is 6.04 Å². The molecule has 19 heavy (non-hydrogen) atoms. The lowest BCUT2D eigenvalue weighted by atomic mass is 9.76. The molecule has 0 spiro atoms. The molecule has 0 heterocycles. The maximum atomic E-state index is 13.2. The van der Waals surface area contributed by atoms with Crippen molar-refractivity contribution in [1.82, 2.24) is 0 Å². The van der Waals surface area contributed by atoms with Crippen LogP contribution in [0, 0.1) is 23.5 Å². The fourth-order valence-electron chi connectivity index (χ4n) is 3.24. The van der Waals surface area contributed by atoms with Crippen molar-refractivity contribution in [1.29, 1.82) is 0 Å². The van der Waals surface area contributed by atoms with Gasteiger partial charge in [0.15, 0.2) is 11.6 Å². The van der Waals surface area contributed by atoms with E-state index < -0.39 is 11.6 Å². The van der Waals surface area contributed by atoms with Crippen LogP contribution in [0.15, 0.2) is 18.2 Å². The average molecular weight is 267 g/mol. The SMILES string of the molecule is CCCC1CCC(C(N)c2ccc(F)c(F)c2)CC1. The molecule has 106 valence electrons. The molecule has 3 heteroatoms. The van der Waals surface area contributed by atoms with E-state index in [0.29, 0.717) is 5.92 Å². The van der Waals surface area contributed by atoms with E-state index in [0.717, 1.165) is 24.3 Å². The van der Waals surface area contributed by atoms with E-state index >= 15 is 0 Å². The van der Waals surface area contributed by atoms with Crippen molar-refractivity contribution >= 4 is 0 Å². The van der Waals surface area contributed by atoms with Crippen molar-refractivity contribution in [2.24, 2.45) is 17.6 Å². The van der Waals surface area contributed by atoms with E-state index in [1.54, 1.807) is 6.07 Å². The molecule has 0 saturated heterocycles. The number of nitrogens with two attached hydrogens (primary N) is 1. The van der Waals surface area contributed by atoms with Crippen molar-refractivity contribution in [2.45, 2.75) is 51.5 Å². The van der Waals surface area contributed by atoms with E-state index in [4.69, 9.17) is 5.73 Å². The van der Waals surface area contributed by atoms with Gasteiger partial charge in [-0.3, -0.25) is 0 Å². The largest absolute Gasteiger partial charge is 0.324 e. The van der Waals surface area contributed by atoms with Gasteiger partial charge in [-0.25, -0.2) is 8.78 Å². The van der Waals surface area contributed by atoms with Gasteiger partial charge in [0.05, 0.1) is 0 Å². The quantitative estimate of drug-likeness (QED) is 0.849. The van der Waals surface area contributed by atoms with Crippen LogP contribution in [0.5, 0.6) is 0 Å². The monoisotopic (exact) mass is 267 g/mol. The molecule has 1 nitrogen and oxygen atoms in total. The number of hydrogen-bond acceptors (Lipinski definition) is 1. The topological polar surface area (TPSA) is 26.0 Å². The third kappa shape index (κ3) is 3.53. The fraction of sp³-hybridized carbons (Fsp3) is 0.625. The lowest BCUT2D eigenvalue weighted by molar-refractivity contribution is 0.234. The first kappa shape index (κ1) is 14.4. The molecule has 1 aromatic rings. The van der Waals surface area contributed by atoms with E-state index in [9.17, 15) is 8.78 Å². The Morgan fingerprint density at radius 2 is 1.84 bits per heavy atom. The molecule has 0 amide bonds. The Hall–Kier alpha value is -0.960. The molecule has 0 radical (unpaired) electrons. The normalized spacial score (nSPS) is 25.3. The van der Waals surface area contributed by atoms with Crippen molar-refractivity contribution < 1.29 is 8.78 Å². The molecule has 1 aliphatic rings. The van der Waals surface area contributed by atoms with Gasteiger partial charge in [0.2, 0.25) is 0 Å². The van der Waals surface area contributed by atoms with Crippen LogP contribution in [0.25, 0.3) is 0 Å². The molecule has 2 N–H and O–H groups in total. The average Bonchev–Trinajstić information content (AvgIpc) is 2.42. The maximum Gasteiger partial charge on any atom is 0.159 e. The summed E-state index contributed by atoms with van der Waals surface area (Å²) in [5.74, 6) is -0.369. The molecule has 0 aromatic heterocycles. The Bertz CT molecular complexity index is 411. The second-order valence-electron chi connectivity index (χ2n) is 5.77. The summed E-state index contributed by atoms with van der Waals surface area (Å²) in [5.41, 5.74) is 6.94. The van der Waals surface area contributed by atoms with Crippen molar-refractivity contribution in [3.05, 3.63) is 35.4 Å². The molecule has 1 aromatic carbocycles. The zero-order chi connectivity index (χ0) is 13.8. The van der Waals surface area contributed by atoms with Gasteiger partial charge in [0.1, 0.15) is 0 Å². The lowest BCUT2D eigenvalue weighted by Gasteiger charge is -2.32. The summed E-state index contributed by atoms with van der Waals surface area (Å²) >= 11 is 0. The van der Waals surface area contributed by atoms with Crippen LogP contribution in [0.2, 0.25) is 0 Å². The Balaban J connectivity index is 1.97. The number of rotatable bonds is 4. The predicted molar refractivity (Wildman–Crippen MR) is 73.6 cm³/mol. The summed E-state index contributed by atoms with van der Waals surface area (Å²) in [5, 5.41) is 0. The molecule has 0 bridgehead atoms. The van der Waals surface area contributed by atoms with Gasteiger partial charge in [-0.1, -0.05) is 38.7 Å². The standard InChI is InChI=1S/C16H23F2N/c1-2-3-11-4-6-12(7-5-11)16(19)13-8-9-14(17)15(18)10-13/h8-12,16H,2-7,19H2,1H3. The smallest absolute Gasteiger partial charge is 0.159 e. The summed E-state index contributed by atoms with van der Waals surface area (Å²) in [6.45, 7) is 2.22. The van der Waals surface area contributed by atoms with Crippen LogP contribution in [0.3, 0.4) is 0 Å². The fourth-order valence-corrected chi connectivity index (χ4v) is 3.24. The van der Waals surface area contributed by atoms with Gasteiger partial charge in [-0.05, 0) is 42.4 Å². The van der Waals surface area contributed by atoms with Crippen LogP contribution in [0.4, 0.5) is 8.78 Å². The van der Waals surface area contributed by atoms with E-state index in [1.165, 1.54) is 37.8 Å². The summed E-state index contributed by atoms with van der Waals surface area (Å²) in [7, 11) is 0. The van der Waals surface area contributed by atoms with Gasteiger partial charge in [-0.2, -0.15) is 0 Å². The first-order chi connectivity index (χ1) is 9.11. The molecule has 1 aliphatic carbocycles. The lowest BCUT2D eigenvalue weighted by Crippen LogP contribution is -2.26. The molecule has 0 aliphatic heterocycles. The van der Waals surface area contributed by atoms with Gasteiger partial charge >= 0.3 is 0 Å². The molecule has 1 atom stereocenters.